The molecule has 2 aliphatic rings. The molecule has 19 heavy (non-hydrogen) atoms. The smallest absolute Gasteiger partial charge is 0.0984 e. The van der Waals surface area contributed by atoms with E-state index in [9.17, 15) is 5.11 Å². The van der Waals surface area contributed by atoms with Crippen LogP contribution in [0.1, 0.15) is 63.7 Å². The van der Waals surface area contributed by atoms with Gasteiger partial charge in [0.05, 0.1) is 11.8 Å². The second kappa shape index (κ2) is 5.66. The van der Waals surface area contributed by atoms with Gasteiger partial charge in [-0.3, -0.25) is 4.68 Å². The highest BCUT2D eigenvalue weighted by atomic mass is 16.3. The van der Waals surface area contributed by atoms with Gasteiger partial charge in [-0.25, -0.2) is 0 Å². The van der Waals surface area contributed by atoms with Crippen LogP contribution in [-0.2, 0) is 6.54 Å². The summed E-state index contributed by atoms with van der Waals surface area (Å²) in [4.78, 5) is 0. The lowest BCUT2D eigenvalue weighted by atomic mass is 9.66. The van der Waals surface area contributed by atoms with Crippen LogP contribution in [0, 0.1) is 17.8 Å². The summed E-state index contributed by atoms with van der Waals surface area (Å²) in [6.45, 7) is 2.93. The fourth-order valence-corrected chi connectivity index (χ4v) is 4.30. The number of aliphatic hydroxyl groups is 1. The number of aliphatic hydroxyl groups excluding tert-OH is 1. The van der Waals surface area contributed by atoms with Crippen LogP contribution in [0.5, 0.6) is 0 Å². The second-order valence-corrected chi connectivity index (χ2v) is 6.39. The number of aromatic nitrogens is 2. The Balaban J connectivity index is 1.69. The minimum atomic E-state index is -0.315. The molecule has 2 saturated carbocycles. The Hall–Kier alpha value is -0.830. The molecule has 3 rings (SSSR count). The van der Waals surface area contributed by atoms with Crippen molar-refractivity contribution in [1.82, 2.24) is 9.78 Å². The summed E-state index contributed by atoms with van der Waals surface area (Å²) in [7, 11) is 0. The van der Waals surface area contributed by atoms with Crippen molar-refractivity contribution in [2.24, 2.45) is 17.8 Å². The Morgan fingerprint density at radius 3 is 2.84 bits per heavy atom. The maximum absolute atomic E-state index is 10.7. The van der Waals surface area contributed by atoms with Crippen LogP contribution in [-0.4, -0.2) is 14.9 Å². The third-order valence-electron chi connectivity index (χ3n) is 5.38. The van der Waals surface area contributed by atoms with Gasteiger partial charge in [0.2, 0.25) is 0 Å². The maximum Gasteiger partial charge on any atom is 0.0984 e. The largest absolute Gasteiger partial charge is 0.387 e. The predicted octanol–water partition coefficient (Wildman–Crippen LogP) is 3.54. The highest BCUT2D eigenvalue weighted by molar-refractivity contribution is 5.07. The lowest BCUT2D eigenvalue weighted by Crippen LogP contribution is -2.31. The van der Waals surface area contributed by atoms with Gasteiger partial charge >= 0.3 is 0 Å². The Morgan fingerprint density at radius 2 is 2.05 bits per heavy atom. The van der Waals surface area contributed by atoms with Crippen LogP contribution < -0.4 is 0 Å². The standard InChI is InChI=1S/C16H26N2O/c1-2-18-15(9-10-17-18)16(19)14-8-7-12-5-3-4-6-13(12)11-14/h9-10,12-14,16,19H,2-8,11H2,1H3. The van der Waals surface area contributed by atoms with Crippen molar-refractivity contribution in [2.75, 3.05) is 0 Å². The molecule has 1 heterocycles. The third-order valence-corrected chi connectivity index (χ3v) is 5.38. The molecule has 0 bridgehead atoms. The molecule has 0 aromatic carbocycles. The Labute approximate surface area is 116 Å². The summed E-state index contributed by atoms with van der Waals surface area (Å²) < 4.78 is 1.94. The molecule has 0 amide bonds. The summed E-state index contributed by atoms with van der Waals surface area (Å²) >= 11 is 0. The number of nitrogens with zero attached hydrogens (tertiary/aromatic N) is 2. The first-order chi connectivity index (χ1) is 9.29. The first-order valence-electron chi connectivity index (χ1n) is 7.99. The van der Waals surface area contributed by atoms with Crippen LogP contribution >= 0.6 is 0 Å². The van der Waals surface area contributed by atoms with Crippen molar-refractivity contribution in [3.8, 4) is 0 Å². The molecule has 0 saturated heterocycles. The Kier molecular flexibility index (Phi) is 3.92. The van der Waals surface area contributed by atoms with Gasteiger partial charge in [-0.15, -0.1) is 0 Å². The van der Waals surface area contributed by atoms with Crippen LogP contribution in [0.25, 0.3) is 0 Å². The Bertz CT molecular complexity index is 415. The number of rotatable bonds is 3. The second-order valence-electron chi connectivity index (χ2n) is 6.39. The van der Waals surface area contributed by atoms with E-state index in [2.05, 4.69) is 12.0 Å². The molecule has 4 unspecified atom stereocenters. The lowest BCUT2D eigenvalue weighted by Gasteiger charge is -2.40. The monoisotopic (exact) mass is 262 g/mol. The van der Waals surface area contributed by atoms with E-state index in [4.69, 9.17) is 0 Å². The summed E-state index contributed by atoms with van der Waals surface area (Å²) in [5, 5.41) is 15.0. The Morgan fingerprint density at radius 1 is 1.26 bits per heavy atom. The van der Waals surface area contributed by atoms with Gasteiger partial charge < -0.3 is 5.11 Å². The van der Waals surface area contributed by atoms with Crippen LogP contribution in [0.3, 0.4) is 0 Å². The zero-order valence-corrected chi connectivity index (χ0v) is 12.0. The van der Waals surface area contributed by atoms with Gasteiger partial charge in [0.1, 0.15) is 0 Å². The fourth-order valence-electron chi connectivity index (χ4n) is 4.30. The van der Waals surface area contributed by atoms with Crippen LogP contribution in [0.15, 0.2) is 12.3 Å². The predicted molar refractivity (Wildman–Crippen MR) is 75.6 cm³/mol. The molecule has 106 valence electrons. The summed E-state index contributed by atoms with van der Waals surface area (Å²) in [6, 6.07) is 1.99. The average molecular weight is 262 g/mol. The van der Waals surface area contributed by atoms with Gasteiger partial charge in [0.15, 0.2) is 0 Å². The number of hydrogen-bond acceptors (Lipinski definition) is 2. The van der Waals surface area contributed by atoms with Crippen molar-refractivity contribution < 1.29 is 5.11 Å². The molecule has 3 nitrogen and oxygen atoms in total. The third kappa shape index (κ3) is 2.58. The number of hydrogen-bond donors (Lipinski definition) is 1. The van der Waals surface area contributed by atoms with Crippen molar-refractivity contribution in [2.45, 2.75) is 64.5 Å². The molecule has 0 aliphatic heterocycles. The topological polar surface area (TPSA) is 38.0 Å². The maximum atomic E-state index is 10.7. The van der Waals surface area contributed by atoms with E-state index < -0.39 is 0 Å². The normalized spacial score (nSPS) is 32.8. The molecule has 0 radical (unpaired) electrons. The molecule has 0 spiro atoms. The summed E-state index contributed by atoms with van der Waals surface area (Å²) in [6.07, 6.45) is 10.9. The van der Waals surface area contributed by atoms with E-state index in [1.165, 1.54) is 44.9 Å². The van der Waals surface area contributed by atoms with E-state index in [0.29, 0.717) is 5.92 Å². The molecule has 2 aliphatic carbocycles. The fraction of sp³-hybridized carbons (Fsp3) is 0.812. The van der Waals surface area contributed by atoms with E-state index in [-0.39, 0.29) is 6.10 Å². The van der Waals surface area contributed by atoms with Gasteiger partial charge in [-0.2, -0.15) is 5.10 Å². The van der Waals surface area contributed by atoms with E-state index in [0.717, 1.165) is 24.1 Å². The molecule has 4 atom stereocenters. The molecule has 1 aromatic heterocycles. The summed E-state index contributed by atoms with van der Waals surface area (Å²) in [5.41, 5.74) is 1.02. The van der Waals surface area contributed by atoms with Crippen molar-refractivity contribution in [3.63, 3.8) is 0 Å². The molecule has 2 fully saturated rings. The summed E-state index contributed by atoms with van der Waals surface area (Å²) in [5.74, 6) is 2.27. The lowest BCUT2D eigenvalue weighted by molar-refractivity contribution is 0.0301. The van der Waals surface area contributed by atoms with Gasteiger partial charge in [0, 0.05) is 12.7 Å². The van der Waals surface area contributed by atoms with Crippen molar-refractivity contribution >= 4 is 0 Å². The highest BCUT2D eigenvalue weighted by Crippen LogP contribution is 2.46. The zero-order chi connectivity index (χ0) is 13.2. The van der Waals surface area contributed by atoms with E-state index in [1.54, 1.807) is 0 Å². The van der Waals surface area contributed by atoms with Gasteiger partial charge in [0.25, 0.3) is 0 Å². The van der Waals surface area contributed by atoms with Gasteiger partial charge in [-0.1, -0.05) is 25.7 Å². The molecular formula is C16H26N2O. The van der Waals surface area contributed by atoms with Gasteiger partial charge in [-0.05, 0) is 50.0 Å². The number of aryl methyl sites for hydroxylation is 1. The minimum Gasteiger partial charge on any atom is -0.387 e. The molecular weight excluding hydrogens is 236 g/mol. The zero-order valence-electron chi connectivity index (χ0n) is 12.0. The average Bonchev–Trinajstić information content (AvgIpc) is 2.94. The SMILES string of the molecule is CCn1nccc1C(O)C1CCC2CCCCC2C1. The quantitative estimate of drug-likeness (QED) is 0.904. The van der Waals surface area contributed by atoms with E-state index >= 15 is 0 Å². The first kappa shape index (κ1) is 13.2. The number of fused-ring (bicyclic) bond motifs is 1. The van der Waals surface area contributed by atoms with Crippen LogP contribution in [0.4, 0.5) is 0 Å². The van der Waals surface area contributed by atoms with Crippen LogP contribution in [0.2, 0.25) is 0 Å². The highest BCUT2D eigenvalue weighted by Gasteiger charge is 2.36. The van der Waals surface area contributed by atoms with Crippen molar-refractivity contribution in [1.29, 1.82) is 0 Å². The molecule has 3 heteroatoms. The minimum absolute atomic E-state index is 0.315. The van der Waals surface area contributed by atoms with Crippen molar-refractivity contribution in [3.05, 3.63) is 18.0 Å². The van der Waals surface area contributed by atoms with E-state index in [1.807, 2.05) is 16.9 Å². The molecule has 1 N–H and O–H groups in total. The molecule has 1 aromatic rings. The first-order valence-corrected chi connectivity index (χ1v) is 7.99.